The molecular formula is C10H13NO4S. The molecule has 1 aliphatic rings. The fraction of sp³-hybridized carbons (Fsp3) is 0.600. The molecule has 1 fully saturated rings. The number of methoxy groups -OCH3 is 1. The smallest absolute Gasteiger partial charge is 0.377 e. The standard InChI is InChI=1S/C10H13NO4S/c1-13-10(12)8-6-9(11-15-8)14-7-2-4-16-5-3-7/h6-7H,2-5H2,1H3. The summed E-state index contributed by atoms with van der Waals surface area (Å²) in [6, 6.07) is 1.47. The molecule has 2 rings (SSSR count). The Hall–Kier alpha value is -1.17. The quantitative estimate of drug-likeness (QED) is 0.753. The van der Waals surface area contributed by atoms with Crippen molar-refractivity contribution in [2.75, 3.05) is 18.6 Å². The molecule has 0 radical (unpaired) electrons. The molecule has 1 aromatic heterocycles. The van der Waals surface area contributed by atoms with E-state index in [2.05, 4.69) is 9.89 Å². The van der Waals surface area contributed by atoms with Crippen molar-refractivity contribution in [1.29, 1.82) is 0 Å². The molecule has 0 aromatic carbocycles. The molecule has 0 bridgehead atoms. The van der Waals surface area contributed by atoms with Gasteiger partial charge in [-0.1, -0.05) is 0 Å². The second kappa shape index (κ2) is 5.25. The van der Waals surface area contributed by atoms with Gasteiger partial charge in [-0.2, -0.15) is 11.8 Å². The fourth-order valence-corrected chi connectivity index (χ4v) is 2.54. The van der Waals surface area contributed by atoms with Crippen LogP contribution in [0.5, 0.6) is 5.88 Å². The van der Waals surface area contributed by atoms with E-state index in [1.807, 2.05) is 11.8 Å². The van der Waals surface area contributed by atoms with Crippen molar-refractivity contribution in [2.45, 2.75) is 18.9 Å². The average Bonchev–Trinajstić information content (AvgIpc) is 2.78. The average molecular weight is 243 g/mol. The molecule has 0 spiro atoms. The predicted molar refractivity (Wildman–Crippen MR) is 58.8 cm³/mol. The van der Waals surface area contributed by atoms with E-state index in [1.165, 1.54) is 13.2 Å². The Morgan fingerprint density at radius 3 is 3.00 bits per heavy atom. The summed E-state index contributed by atoms with van der Waals surface area (Å²) in [5, 5.41) is 3.67. The minimum absolute atomic E-state index is 0.0719. The number of rotatable bonds is 3. The van der Waals surface area contributed by atoms with E-state index >= 15 is 0 Å². The van der Waals surface area contributed by atoms with Gasteiger partial charge in [-0.15, -0.1) is 0 Å². The summed E-state index contributed by atoms with van der Waals surface area (Å²) in [6.45, 7) is 0. The largest absolute Gasteiger partial charge is 0.472 e. The molecule has 88 valence electrons. The molecule has 1 aliphatic heterocycles. The van der Waals surface area contributed by atoms with Crippen molar-refractivity contribution in [3.63, 3.8) is 0 Å². The highest BCUT2D eigenvalue weighted by Crippen LogP contribution is 2.22. The van der Waals surface area contributed by atoms with Gasteiger partial charge in [0.05, 0.1) is 13.2 Å². The zero-order valence-electron chi connectivity index (χ0n) is 8.97. The van der Waals surface area contributed by atoms with Gasteiger partial charge in [0, 0.05) is 0 Å². The predicted octanol–water partition coefficient (Wildman–Crippen LogP) is 1.74. The van der Waals surface area contributed by atoms with E-state index in [9.17, 15) is 4.79 Å². The van der Waals surface area contributed by atoms with E-state index in [1.54, 1.807) is 0 Å². The minimum Gasteiger partial charge on any atom is -0.472 e. The number of carbonyl (C=O) groups excluding carboxylic acids is 1. The Bertz CT molecular complexity index is 359. The summed E-state index contributed by atoms with van der Waals surface area (Å²) in [7, 11) is 1.30. The fourth-order valence-electron chi connectivity index (χ4n) is 1.48. The van der Waals surface area contributed by atoms with Crippen LogP contribution in [0.3, 0.4) is 0 Å². The minimum atomic E-state index is -0.540. The summed E-state index contributed by atoms with van der Waals surface area (Å²) in [5.41, 5.74) is 0. The van der Waals surface area contributed by atoms with E-state index in [0.717, 1.165) is 24.3 Å². The highest BCUT2D eigenvalue weighted by Gasteiger charge is 2.19. The summed E-state index contributed by atoms with van der Waals surface area (Å²) in [5.74, 6) is 2.10. The lowest BCUT2D eigenvalue weighted by Gasteiger charge is -2.20. The van der Waals surface area contributed by atoms with Gasteiger partial charge in [0.25, 0.3) is 5.88 Å². The molecule has 0 unspecified atom stereocenters. The number of carbonyl (C=O) groups is 1. The summed E-state index contributed by atoms with van der Waals surface area (Å²) in [6.07, 6.45) is 2.19. The maximum Gasteiger partial charge on any atom is 0.377 e. The van der Waals surface area contributed by atoms with Gasteiger partial charge < -0.3 is 14.0 Å². The van der Waals surface area contributed by atoms with Crippen LogP contribution in [0, 0.1) is 0 Å². The number of hydrogen-bond acceptors (Lipinski definition) is 6. The van der Waals surface area contributed by atoms with Crippen molar-refractivity contribution in [3.05, 3.63) is 11.8 Å². The van der Waals surface area contributed by atoms with Crippen molar-refractivity contribution in [2.24, 2.45) is 0 Å². The van der Waals surface area contributed by atoms with Gasteiger partial charge in [-0.25, -0.2) is 4.79 Å². The molecule has 0 amide bonds. The number of nitrogens with zero attached hydrogens (tertiary/aromatic N) is 1. The first-order chi connectivity index (χ1) is 7.79. The highest BCUT2D eigenvalue weighted by molar-refractivity contribution is 7.99. The number of ether oxygens (including phenoxy) is 2. The molecule has 0 atom stereocenters. The monoisotopic (exact) mass is 243 g/mol. The van der Waals surface area contributed by atoms with Crippen molar-refractivity contribution in [1.82, 2.24) is 5.16 Å². The van der Waals surface area contributed by atoms with Crippen molar-refractivity contribution in [3.8, 4) is 5.88 Å². The second-order valence-corrected chi connectivity index (χ2v) is 4.68. The zero-order valence-corrected chi connectivity index (χ0v) is 9.79. The van der Waals surface area contributed by atoms with Gasteiger partial charge >= 0.3 is 5.97 Å². The molecule has 1 aromatic rings. The number of hydrogen-bond donors (Lipinski definition) is 0. The Morgan fingerprint density at radius 1 is 1.56 bits per heavy atom. The van der Waals surface area contributed by atoms with Crippen LogP contribution in [0.1, 0.15) is 23.4 Å². The van der Waals surface area contributed by atoms with Gasteiger partial charge in [0.1, 0.15) is 6.10 Å². The SMILES string of the molecule is COC(=O)c1cc(OC2CCSCC2)no1. The highest BCUT2D eigenvalue weighted by atomic mass is 32.2. The Balaban J connectivity index is 1.94. The normalized spacial score (nSPS) is 17.1. The summed E-state index contributed by atoms with van der Waals surface area (Å²) < 4.78 is 14.9. The Morgan fingerprint density at radius 2 is 2.31 bits per heavy atom. The number of thioether (sulfide) groups is 1. The van der Waals surface area contributed by atoms with Crippen LogP contribution in [0.2, 0.25) is 0 Å². The second-order valence-electron chi connectivity index (χ2n) is 3.45. The molecule has 0 aliphatic carbocycles. The Kier molecular flexibility index (Phi) is 3.71. The number of esters is 1. The van der Waals surface area contributed by atoms with Crippen LogP contribution in [0.25, 0.3) is 0 Å². The third-order valence-electron chi connectivity index (χ3n) is 2.33. The zero-order chi connectivity index (χ0) is 11.4. The first-order valence-electron chi connectivity index (χ1n) is 5.09. The molecule has 5 nitrogen and oxygen atoms in total. The van der Waals surface area contributed by atoms with Crippen LogP contribution < -0.4 is 4.74 Å². The van der Waals surface area contributed by atoms with Crippen LogP contribution in [0.4, 0.5) is 0 Å². The van der Waals surface area contributed by atoms with E-state index in [-0.39, 0.29) is 11.9 Å². The van der Waals surface area contributed by atoms with Crippen LogP contribution in [0.15, 0.2) is 10.6 Å². The van der Waals surface area contributed by atoms with Gasteiger partial charge in [-0.05, 0) is 29.5 Å². The summed E-state index contributed by atoms with van der Waals surface area (Å²) in [4.78, 5) is 11.1. The maximum atomic E-state index is 11.1. The molecule has 1 saturated heterocycles. The lowest BCUT2D eigenvalue weighted by molar-refractivity contribution is 0.0554. The van der Waals surface area contributed by atoms with E-state index < -0.39 is 5.97 Å². The third kappa shape index (κ3) is 2.69. The van der Waals surface area contributed by atoms with Crippen molar-refractivity contribution >= 4 is 17.7 Å². The topological polar surface area (TPSA) is 61.6 Å². The Labute approximate surface area is 97.5 Å². The first-order valence-corrected chi connectivity index (χ1v) is 6.24. The van der Waals surface area contributed by atoms with Gasteiger partial charge in [0.2, 0.25) is 5.76 Å². The lowest BCUT2D eigenvalue weighted by Crippen LogP contribution is -2.22. The molecule has 0 N–H and O–H groups in total. The summed E-state index contributed by atoms with van der Waals surface area (Å²) >= 11 is 1.92. The third-order valence-corrected chi connectivity index (χ3v) is 3.38. The number of aromatic nitrogens is 1. The van der Waals surface area contributed by atoms with Gasteiger partial charge in [0.15, 0.2) is 0 Å². The first kappa shape index (κ1) is 11.3. The van der Waals surface area contributed by atoms with Gasteiger partial charge in [-0.3, -0.25) is 0 Å². The maximum absolute atomic E-state index is 11.1. The van der Waals surface area contributed by atoms with E-state index in [0.29, 0.717) is 5.88 Å². The van der Waals surface area contributed by atoms with Crippen LogP contribution >= 0.6 is 11.8 Å². The molecule has 6 heteroatoms. The van der Waals surface area contributed by atoms with Crippen molar-refractivity contribution < 1.29 is 18.8 Å². The van der Waals surface area contributed by atoms with E-state index in [4.69, 9.17) is 9.26 Å². The molecule has 2 heterocycles. The van der Waals surface area contributed by atoms with Crippen LogP contribution in [-0.4, -0.2) is 35.8 Å². The molecule has 0 saturated carbocycles. The molecular weight excluding hydrogens is 230 g/mol. The molecule has 16 heavy (non-hydrogen) atoms. The lowest BCUT2D eigenvalue weighted by atomic mass is 10.2. The van der Waals surface area contributed by atoms with Crippen LogP contribution in [-0.2, 0) is 4.74 Å².